The Balaban J connectivity index is 1.70. The Kier molecular flexibility index (Phi) is 5.06. The van der Waals surface area contributed by atoms with Gasteiger partial charge >= 0.3 is 0 Å². The molecule has 1 saturated carbocycles. The summed E-state index contributed by atoms with van der Waals surface area (Å²) >= 11 is 0. The van der Waals surface area contributed by atoms with Crippen LogP contribution in [0.3, 0.4) is 0 Å². The molecule has 0 aromatic heterocycles. The summed E-state index contributed by atoms with van der Waals surface area (Å²) in [5.74, 6) is -1.80. The van der Waals surface area contributed by atoms with Gasteiger partial charge in [0.05, 0.1) is 4.90 Å². The standard InChI is InChI=1S/C18H18F2N2O3S/c1-22(11-13-2-5-14(19)10-17(13)20)18(23)12-3-8-16(9-4-12)26(24,25)21-15-6-7-15/h2-5,8-10,15,21H,6-7,11H2,1H3. The molecule has 0 aliphatic heterocycles. The van der Waals surface area contributed by atoms with Gasteiger partial charge in [-0.3, -0.25) is 4.79 Å². The first-order chi connectivity index (χ1) is 12.3. The van der Waals surface area contributed by atoms with Gasteiger partial charge in [-0.05, 0) is 43.2 Å². The van der Waals surface area contributed by atoms with Gasteiger partial charge in [-0.2, -0.15) is 0 Å². The number of carbonyl (C=O) groups excluding carboxylic acids is 1. The lowest BCUT2D eigenvalue weighted by molar-refractivity contribution is 0.0783. The van der Waals surface area contributed by atoms with Crippen molar-refractivity contribution in [1.29, 1.82) is 0 Å². The molecule has 0 bridgehead atoms. The van der Waals surface area contributed by atoms with E-state index in [4.69, 9.17) is 0 Å². The van der Waals surface area contributed by atoms with Crippen LogP contribution in [0.1, 0.15) is 28.8 Å². The fourth-order valence-electron chi connectivity index (χ4n) is 2.46. The van der Waals surface area contributed by atoms with Crippen molar-refractivity contribution in [3.05, 3.63) is 65.2 Å². The first-order valence-corrected chi connectivity index (χ1v) is 9.56. The van der Waals surface area contributed by atoms with Crippen molar-refractivity contribution in [2.45, 2.75) is 30.3 Å². The first-order valence-electron chi connectivity index (χ1n) is 8.08. The molecule has 1 N–H and O–H groups in total. The third-order valence-corrected chi connectivity index (χ3v) is 5.62. The summed E-state index contributed by atoms with van der Waals surface area (Å²) in [5.41, 5.74) is 0.468. The van der Waals surface area contributed by atoms with Crippen molar-refractivity contribution < 1.29 is 22.0 Å². The smallest absolute Gasteiger partial charge is 0.253 e. The van der Waals surface area contributed by atoms with E-state index < -0.39 is 27.6 Å². The minimum atomic E-state index is -3.58. The normalized spacial score (nSPS) is 14.3. The Morgan fingerprint density at radius 2 is 1.81 bits per heavy atom. The second-order valence-corrected chi connectivity index (χ2v) is 8.03. The van der Waals surface area contributed by atoms with E-state index >= 15 is 0 Å². The number of hydrogen-bond donors (Lipinski definition) is 1. The van der Waals surface area contributed by atoms with E-state index in [1.165, 1.54) is 42.3 Å². The number of rotatable bonds is 6. The zero-order chi connectivity index (χ0) is 18.9. The number of nitrogens with zero attached hydrogens (tertiary/aromatic N) is 1. The predicted molar refractivity (Wildman–Crippen MR) is 91.9 cm³/mol. The highest BCUT2D eigenvalue weighted by atomic mass is 32.2. The molecule has 0 spiro atoms. The maximum Gasteiger partial charge on any atom is 0.253 e. The first kappa shape index (κ1) is 18.5. The molecule has 26 heavy (non-hydrogen) atoms. The SMILES string of the molecule is CN(Cc1ccc(F)cc1F)C(=O)c1ccc(S(=O)(=O)NC2CC2)cc1. The van der Waals surface area contributed by atoms with Crippen molar-refractivity contribution in [1.82, 2.24) is 9.62 Å². The van der Waals surface area contributed by atoms with E-state index in [0.717, 1.165) is 25.0 Å². The quantitative estimate of drug-likeness (QED) is 0.838. The van der Waals surface area contributed by atoms with E-state index in [2.05, 4.69) is 4.72 Å². The van der Waals surface area contributed by atoms with Crippen LogP contribution in [0.25, 0.3) is 0 Å². The number of nitrogens with one attached hydrogen (secondary N) is 1. The summed E-state index contributed by atoms with van der Waals surface area (Å²) in [4.78, 5) is 13.8. The summed E-state index contributed by atoms with van der Waals surface area (Å²) in [5, 5.41) is 0. The Hall–Kier alpha value is -2.32. The molecule has 138 valence electrons. The summed E-state index contributed by atoms with van der Waals surface area (Å²) in [6.07, 6.45) is 1.67. The molecule has 1 aliphatic carbocycles. The number of amides is 1. The lowest BCUT2D eigenvalue weighted by Gasteiger charge is -2.18. The lowest BCUT2D eigenvalue weighted by atomic mass is 10.1. The molecular formula is C18H18F2N2O3S. The van der Waals surface area contributed by atoms with E-state index in [1.54, 1.807) is 0 Å². The van der Waals surface area contributed by atoms with Crippen LogP contribution in [-0.2, 0) is 16.6 Å². The minimum Gasteiger partial charge on any atom is -0.337 e. The second-order valence-electron chi connectivity index (χ2n) is 6.32. The van der Waals surface area contributed by atoms with E-state index in [-0.39, 0.29) is 28.6 Å². The number of benzene rings is 2. The van der Waals surface area contributed by atoms with Gasteiger partial charge in [-0.15, -0.1) is 0 Å². The van der Waals surface area contributed by atoms with E-state index in [1.807, 2.05) is 0 Å². The average Bonchev–Trinajstić information content (AvgIpc) is 3.40. The molecule has 8 heteroatoms. The molecule has 0 radical (unpaired) electrons. The van der Waals surface area contributed by atoms with Gasteiger partial charge in [0.25, 0.3) is 5.91 Å². The fourth-order valence-corrected chi connectivity index (χ4v) is 3.77. The van der Waals surface area contributed by atoms with Crippen LogP contribution < -0.4 is 4.72 Å². The molecule has 2 aromatic rings. The summed E-state index contributed by atoms with van der Waals surface area (Å²) in [6.45, 7) is -0.0335. The monoisotopic (exact) mass is 380 g/mol. The highest BCUT2D eigenvalue weighted by Gasteiger charge is 2.28. The van der Waals surface area contributed by atoms with Gasteiger partial charge in [0.15, 0.2) is 0 Å². The molecule has 0 saturated heterocycles. The number of sulfonamides is 1. The van der Waals surface area contributed by atoms with Gasteiger partial charge in [0.2, 0.25) is 10.0 Å². The topological polar surface area (TPSA) is 66.5 Å². The molecule has 2 aromatic carbocycles. The third-order valence-electron chi connectivity index (χ3n) is 4.08. The second kappa shape index (κ2) is 7.13. The van der Waals surface area contributed by atoms with Crippen LogP contribution in [0.15, 0.2) is 47.4 Å². The molecule has 1 aliphatic rings. The molecule has 0 atom stereocenters. The fraction of sp³-hybridized carbons (Fsp3) is 0.278. The van der Waals surface area contributed by atoms with Crippen molar-refractivity contribution >= 4 is 15.9 Å². The predicted octanol–water partition coefficient (Wildman–Crippen LogP) is 2.68. The minimum absolute atomic E-state index is 0.00181. The van der Waals surface area contributed by atoms with Crippen molar-refractivity contribution in [3.63, 3.8) is 0 Å². The zero-order valence-electron chi connectivity index (χ0n) is 14.1. The highest BCUT2D eigenvalue weighted by Crippen LogP contribution is 2.22. The summed E-state index contributed by atoms with van der Waals surface area (Å²) in [6, 6.07) is 8.74. The molecule has 3 rings (SSSR count). The third kappa shape index (κ3) is 4.25. The lowest BCUT2D eigenvalue weighted by Crippen LogP contribution is -2.27. The Bertz CT molecular complexity index is 926. The average molecular weight is 380 g/mol. The van der Waals surface area contributed by atoms with Crippen LogP contribution >= 0.6 is 0 Å². The number of halogens is 2. The Morgan fingerprint density at radius 1 is 1.15 bits per heavy atom. The van der Waals surface area contributed by atoms with Gasteiger partial charge in [0, 0.05) is 36.8 Å². The van der Waals surface area contributed by atoms with Gasteiger partial charge < -0.3 is 4.90 Å². The van der Waals surface area contributed by atoms with Crippen molar-refractivity contribution in [2.24, 2.45) is 0 Å². The Labute approximate surface area is 150 Å². The van der Waals surface area contributed by atoms with Crippen LogP contribution in [0.4, 0.5) is 8.78 Å². The zero-order valence-corrected chi connectivity index (χ0v) is 14.9. The van der Waals surface area contributed by atoms with E-state index in [9.17, 15) is 22.0 Å². The molecule has 0 heterocycles. The van der Waals surface area contributed by atoms with E-state index in [0.29, 0.717) is 0 Å². The van der Waals surface area contributed by atoms with Crippen LogP contribution in [0.5, 0.6) is 0 Å². The number of carbonyl (C=O) groups is 1. The summed E-state index contributed by atoms with van der Waals surface area (Å²) in [7, 11) is -2.09. The van der Waals surface area contributed by atoms with Gasteiger partial charge in [0.1, 0.15) is 11.6 Å². The largest absolute Gasteiger partial charge is 0.337 e. The maximum absolute atomic E-state index is 13.7. The molecule has 1 fully saturated rings. The number of hydrogen-bond acceptors (Lipinski definition) is 3. The molecular weight excluding hydrogens is 362 g/mol. The van der Waals surface area contributed by atoms with Crippen LogP contribution in [-0.4, -0.2) is 32.3 Å². The van der Waals surface area contributed by atoms with Gasteiger partial charge in [-0.1, -0.05) is 6.07 Å². The van der Waals surface area contributed by atoms with Crippen LogP contribution in [0, 0.1) is 11.6 Å². The van der Waals surface area contributed by atoms with Crippen LogP contribution in [0.2, 0.25) is 0 Å². The summed E-state index contributed by atoms with van der Waals surface area (Å²) < 4.78 is 53.5. The van der Waals surface area contributed by atoms with Gasteiger partial charge in [-0.25, -0.2) is 21.9 Å². The Morgan fingerprint density at radius 3 is 2.38 bits per heavy atom. The van der Waals surface area contributed by atoms with Crippen molar-refractivity contribution in [3.8, 4) is 0 Å². The maximum atomic E-state index is 13.7. The molecule has 0 unspecified atom stereocenters. The van der Waals surface area contributed by atoms with Crippen molar-refractivity contribution in [2.75, 3.05) is 7.05 Å². The molecule has 1 amide bonds. The highest BCUT2D eigenvalue weighted by molar-refractivity contribution is 7.89. The molecule has 5 nitrogen and oxygen atoms in total.